The molecule has 0 bridgehead atoms. The monoisotopic (exact) mass is 560 g/mol. The first-order valence-corrected chi connectivity index (χ1v) is 11.1. The number of benzene rings is 3. The summed E-state index contributed by atoms with van der Waals surface area (Å²) in [6.45, 7) is 8.00. The van der Waals surface area contributed by atoms with Crippen molar-refractivity contribution in [1.82, 2.24) is 0 Å². The van der Waals surface area contributed by atoms with Gasteiger partial charge >= 0.3 is 29.6 Å². The van der Waals surface area contributed by atoms with Crippen LogP contribution >= 0.6 is 0 Å². The third-order valence-corrected chi connectivity index (χ3v) is 3.99. The van der Waals surface area contributed by atoms with Crippen molar-refractivity contribution in [2.24, 2.45) is 5.34 Å². The molecule has 0 fully saturated rings. The number of nitro groups is 1. The first-order chi connectivity index (χ1) is 18.5. The van der Waals surface area contributed by atoms with Crippen LogP contribution in [0, 0.1) is 34.1 Å². The predicted octanol–water partition coefficient (Wildman–Crippen LogP) is 4.45. The minimum atomic E-state index is -1.00. The summed E-state index contributed by atoms with van der Waals surface area (Å²) in [6, 6.07) is 20.0. The maximum atomic E-state index is 10.4. The average Bonchev–Trinajstić information content (AvgIpc) is 2.92. The molecule has 10 nitrogen and oxygen atoms in total. The second-order valence-electron chi connectivity index (χ2n) is 6.98. The van der Waals surface area contributed by atoms with E-state index in [1.165, 1.54) is 25.2 Å². The van der Waals surface area contributed by atoms with Crippen molar-refractivity contribution in [3.8, 4) is 17.2 Å². The van der Waals surface area contributed by atoms with Gasteiger partial charge in [0.15, 0.2) is 0 Å². The standard InChI is InChI=1S/C8H9NO3.C8H10O.C7H9NO.C3H8.CH3F.HNO2.Na/c1-6-3-4-7(12-2)5-8(6)9(10)11;1-7-3-5-8(9-2)6-4-7;1-9-7-4-2-6(8)3-5-7;1-3-2;1-2;2-1-3;/h3-5H,1-2H3;3-6H,1-2H3;2-5H,8H2,1H3;3H2,1-2H3;1H3;(H,2,3);/q;;;;;;+1/p-1/i;;;;1D;;. The minimum Gasteiger partial charge on any atom is -0.497 e. The summed E-state index contributed by atoms with van der Waals surface area (Å²) in [5.41, 5.74) is 8.18. The maximum absolute atomic E-state index is 10.4. The number of ether oxygens (including phenoxy) is 3. The molecular weight excluding hydrogens is 520 g/mol. The van der Waals surface area contributed by atoms with Crippen molar-refractivity contribution in [2.45, 2.75) is 34.1 Å². The molecule has 0 atom stereocenters. The summed E-state index contributed by atoms with van der Waals surface area (Å²) in [5.74, 6) is 2.26. The number of alkyl halides is 1. The Morgan fingerprint density at radius 3 is 1.56 bits per heavy atom. The number of rotatable bonds is 4. The average molecular weight is 561 g/mol. The van der Waals surface area contributed by atoms with Gasteiger partial charge < -0.3 is 30.1 Å². The van der Waals surface area contributed by atoms with Gasteiger partial charge in [-0.05, 0) is 62.4 Å². The van der Waals surface area contributed by atoms with Gasteiger partial charge in [0.05, 0.1) is 40.8 Å². The molecule has 39 heavy (non-hydrogen) atoms. The summed E-state index contributed by atoms with van der Waals surface area (Å²) >= 11 is 0. The number of nitrogens with two attached hydrogens (primary N) is 1. The summed E-state index contributed by atoms with van der Waals surface area (Å²) in [5, 5.41) is 19.4. The van der Waals surface area contributed by atoms with Crippen molar-refractivity contribution in [3.63, 3.8) is 0 Å². The first-order valence-electron chi connectivity index (χ1n) is 11.8. The van der Waals surface area contributed by atoms with E-state index in [1.807, 2.05) is 36.4 Å². The van der Waals surface area contributed by atoms with Gasteiger partial charge in [0, 0.05) is 11.3 Å². The van der Waals surface area contributed by atoms with Crippen LogP contribution in [0.15, 0.2) is 72.1 Å². The van der Waals surface area contributed by atoms with Crippen LogP contribution in [-0.4, -0.2) is 33.4 Å². The number of hydrogen-bond donors (Lipinski definition) is 1. The van der Waals surface area contributed by atoms with Crippen molar-refractivity contribution < 1.29 is 54.5 Å². The van der Waals surface area contributed by atoms with E-state index in [9.17, 15) is 14.5 Å². The number of hydrogen-bond acceptors (Lipinski definition) is 9. The van der Waals surface area contributed by atoms with Crippen LogP contribution in [0.1, 0.15) is 32.8 Å². The molecule has 0 amide bonds. The Kier molecular flexibility index (Phi) is 30.0. The molecular formula is C27H39FN3NaO7. The molecule has 0 saturated carbocycles. The van der Waals surface area contributed by atoms with Gasteiger partial charge in [-0.1, -0.05) is 38.0 Å². The van der Waals surface area contributed by atoms with Gasteiger partial charge in [0.2, 0.25) is 0 Å². The van der Waals surface area contributed by atoms with E-state index in [0.29, 0.717) is 11.3 Å². The molecule has 212 valence electrons. The number of nitrogen functional groups attached to an aromatic ring is 1. The molecule has 0 heterocycles. The molecule has 0 aliphatic rings. The van der Waals surface area contributed by atoms with Gasteiger partial charge in [-0.2, -0.15) is 0 Å². The number of methoxy groups -OCH3 is 3. The predicted molar refractivity (Wildman–Crippen MR) is 152 cm³/mol. The van der Waals surface area contributed by atoms with Gasteiger partial charge in [-0.3, -0.25) is 14.5 Å². The molecule has 0 saturated heterocycles. The zero-order valence-corrected chi connectivity index (χ0v) is 26.0. The molecule has 0 aliphatic carbocycles. The van der Waals surface area contributed by atoms with Gasteiger partial charge in [-0.25, -0.2) is 0 Å². The van der Waals surface area contributed by atoms with Crippen LogP contribution in [-0.2, 0) is 0 Å². The third-order valence-electron chi connectivity index (χ3n) is 3.99. The van der Waals surface area contributed by atoms with Crippen LogP contribution < -0.4 is 49.5 Å². The zero-order valence-electron chi connectivity index (χ0n) is 25.0. The van der Waals surface area contributed by atoms with E-state index in [1.54, 1.807) is 45.4 Å². The molecule has 3 rings (SSSR count). The fourth-order valence-electron chi connectivity index (χ4n) is 2.19. The van der Waals surface area contributed by atoms with Crippen LogP contribution in [0.5, 0.6) is 17.2 Å². The van der Waals surface area contributed by atoms with Crippen LogP contribution in [0.3, 0.4) is 0 Å². The number of aryl methyl sites for hydroxylation is 2. The molecule has 12 heteroatoms. The molecule has 0 spiro atoms. The fourth-order valence-corrected chi connectivity index (χ4v) is 2.19. The van der Waals surface area contributed by atoms with Crippen molar-refractivity contribution in [1.29, 1.82) is 0 Å². The summed E-state index contributed by atoms with van der Waals surface area (Å²) < 4.78 is 30.2. The van der Waals surface area contributed by atoms with Crippen LogP contribution in [0.25, 0.3) is 0 Å². The summed E-state index contributed by atoms with van der Waals surface area (Å²) in [4.78, 5) is 18.0. The Morgan fingerprint density at radius 2 is 1.23 bits per heavy atom. The fraction of sp³-hybridized carbons (Fsp3) is 0.333. The third kappa shape index (κ3) is 23.4. The second-order valence-corrected chi connectivity index (χ2v) is 6.98. The Morgan fingerprint density at radius 1 is 0.897 bits per heavy atom. The van der Waals surface area contributed by atoms with Crippen LogP contribution in [0.2, 0.25) is 0 Å². The molecule has 2 N–H and O–H groups in total. The van der Waals surface area contributed by atoms with E-state index < -0.39 is 12.1 Å². The van der Waals surface area contributed by atoms with E-state index in [2.05, 4.69) is 20.8 Å². The number of nitrogens with zero attached hydrogens (tertiary/aromatic N) is 2. The first kappa shape index (κ1) is 40.1. The Bertz CT molecular complexity index is 969. The summed E-state index contributed by atoms with van der Waals surface area (Å²) in [6.07, 6.45) is 1.25. The molecule has 3 aromatic rings. The van der Waals surface area contributed by atoms with Gasteiger partial charge in [-0.15, -0.1) is 5.34 Å². The Balaban J connectivity index is -0.000000211. The molecule has 0 unspecified atom stereocenters. The number of halogens is 1. The summed E-state index contributed by atoms with van der Waals surface area (Å²) in [7, 11) is 3.78. The molecule has 3 aromatic carbocycles. The molecule has 0 aromatic heterocycles. The molecule has 0 radical (unpaired) electrons. The normalized spacial score (nSPS) is 8.36. The number of anilines is 1. The van der Waals surface area contributed by atoms with Crippen molar-refractivity contribution in [2.75, 3.05) is 34.2 Å². The van der Waals surface area contributed by atoms with E-state index in [0.717, 1.165) is 22.5 Å². The molecule has 0 aliphatic heterocycles. The Hall–Kier alpha value is -3.41. The van der Waals surface area contributed by atoms with E-state index >= 15 is 0 Å². The van der Waals surface area contributed by atoms with Crippen molar-refractivity contribution in [3.05, 3.63) is 98.1 Å². The van der Waals surface area contributed by atoms with Crippen LogP contribution in [0.4, 0.5) is 15.8 Å². The quantitative estimate of drug-likeness (QED) is 0.162. The smallest absolute Gasteiger partial charge is 0.497 e. The SMILES string of the molecule is CCC.COc1ccc(C)c([N+](=O)[O-])c1.COc1ccc(C)cc1.COc1ccc(N)cc1.O=N[O-].[2H]CF.[Na+]. The zero-order chi connectivity index (χ0) is 30.6. The van der Waals surface area contributed by atoms with E-state index in [4.69, 9.17) is 31.4 Å². The van der Waals surface area contributed by atoms with Gasteiger partial charge in [0.25, 0.3) is 5.69 Å². The number of nitro benzene ring substituents is 1. The minimum absolute atomic E-state index is 0. The van der Waals surface area contributed by atoms with Gasteiger partial charge in [0.1, 0.15) is 17.2 Å². The Labute approximate surface area is 254 Å². The maximum Gasteiger partial charge on any atom is 1.00 e. The largest absolute Gasteiger partial charge is 1.00 e. The topological polar surface area (TPSA) is 149 Å². The van der Waals surface area contributed by atoms with Crippen molar-refractivity contribution >= 4 is 11.4 Å². The second kappa shape index (κ2) is 29.2. The van der Waals surface area contributed by atoms with E-state index in [-0.39, 0.29) is 35.2 Å².